The molecule has 1 saturated heterocycles. The van der Waals surface area contributed by atoms with Crippen LogP contribution in [0, 0.1) is 0 Å². The number of nitrogens with zero attached hydrogens (tertiary/aromatic N) is 1. The van der Waals surface area contributed by atoms with Crippen LogP contribution in [0.4, 0.5) is 0 Å². The van der Waals surface area contributed by atoms with E-state index in [9.17, 15) is 18.0 Å². The van der Waals surface area contributed by atoms with E-state index in [1.54, 1.807) is 16.8 Å². The summed E-state index contributed by atoms with van der Waals surface area (Å²) >= 11 is 0. The number of amides is 1. The number of sulfone groups is 1. The Morgan fingerprint density at radius 2 is 2.08 bits per heavy atom. The average molecular weight is 350 g/mol. The Labute approximate surface area is 139 Å². The zero-order valence-electron chi connectivity index (χ0n) is 13.2. The van der Waals surface area contributed by atoms with Gasteiger partial charge < -0.3 is 14.6 Å². The minimum absolute atomic E-state index is 0.00799. The minimum Gasteiger partial charge on any atom is -0.465 e. The van der Waals surface area contributed by atoms with Crippen molar-refractivity contribution in [2.75, 3.05) is 18.6 Å². The molecule has 1 aliphatic heterocycles. The normalized spacial score (nSPS) is 19.3. The molecule has 1 aliphatic rings. The molecule has 0 saturated carbocycles. The Morgan fingerprint density at radius 1 is 1.33 bits per heavy atom. The summed E-state index contributed by atoms with van der Waals surface area (Å²) in [6.07, 6.45) is 2.02. The molecule has 7 nitrogen and oxygen atoms in total. The second kappa shape index (κ2) is 6.27. The van der Waals surface area contributed by atoms with Crippen molar-refractivity contribution >= 4 is 32.6 Å². The van der Waals surface area contributed by atoms with Crippen molar-refractivity contribution in [2.24, 2.45) is 0 Å². The molecule has 1 fully saturated rings. The smallest absolute Gasteiger partial charge is 0.340 e. The second-order valence-electron chi connectivity index (χ2n) is 5.85. The zero-order valence-corrected chi connectivity index (χ0v) is 14.0. The van der Waals surface area contributed by atoms with E-state index in [0.29, 0.717) is 17.4 Å². The third-order valence-corrected chi connectivity index (χ3v) is 5.87. The number of hydrogen-bond donors (Lipinski definition) is 1. The fraction of sp³-hybridized carbons (Fsp3) is 0.375. The number of ether oxygens (including phenoxy) is 1. The van der Waals surface area contributed by atoms with Crippen LogP contribution in [-0.4, -0.2) is 49.5 Å². The van der Waals surface area contributed by atoms with E-state index in [1.807, 2.05) is 18.2 Å². The summed E-state index contributed by atoms with van der Waals surface area (Å²) in [4.78, 5) is 24.1. The van der Waals surface area contributed by atoms with Crippen LogP contribution in [0.25, 0.3) is 10.9 Å². The van der Waals surface area contributed by atoms with Gasteiger partial charge in [-0.15, -0.1) is 0 Å². The number of benzene rings is 1. The maximum atomic E-state index is 12.2. The van der Waals surface area contributed by atoms with Crippen molar-refractivity contribution in [3.8, 4) is 0 Å². The molecule has 1 amide bonds. The molecule has 0 spiro atoms. The van der Waals surface area contributed by atoms with Crippen molar-refractivity contribution < 1.29 is 22.7 Å². The fourth-order valence-electron chi connectivity index (χ4n) is 2.99. The molecule has 1 atom stereocenters. The van der Waals surface area contributed by atoms with Gasteiger partial charge in [-0.3, -0.25) is 4.79 Å². The number of methoxy groups -OCH3 is 1. The van der Waals surface area contributed by atoms with Gasteiger partial charge in [0.15, 0.2) is 9.84 Å². The maximum Gasteiger partial charge on any atom is 0.340 e. The van der Waals surface area contributed by atoms with Gasteiger partial charge in [0, 0.05) is 23.1 Å². The predicted octanol–water partition coefficient (Wildman–Crippen LogP) is 0.731. The largest absolute Gasteiger partial charge is 0.465 e. The highest BCUT2D eigenvalue weighted by Crippen LogP contribution is 2.22. The fourth-order valence-corrected chi connectivity index (χ4v) is 4.66. The highest BCUT2D eigenvalue weighted by molar-refractivity contribution is 7.91. The molecule has 0 bridgehead atoms. The molecule has 3 rings (SSSR count). The number of hydrogen-bond acceptors (Lipinski definition) is 5. The monoisotopic (exact) mass is 350 g/mol. The van der Waals surface area contributed by atoms with Gasteiger partial charge in [-0.1, -0.05) is 18.2 Å². The molecule has 2 aromatic rings. The summed E-state index contributed by atoms with van der Waals surface area (Å²) in [6, 6.07) is 6.89. The standard InChI is InChI=1S/C16H18N2O5S/c1-23-16(20)13-8-18(14-5-3-2-4-12(13)14)9-15(19)17-11-6-7-24(21,22)10-11/h2-5,8,11H,6-7,9-10H2,1H3,(H,17,19). The van der Waals surface area contributed by atoms with Crippen LogP contribution < -0.4 is 5.32 Å². The molecule has 0 aliphatic carbocycles. The Hall–Kier alpha value is -2.35. The van der Waals surface area contributed by atoms with Crippen LogP contribution in [0.15, 0.2) is 30.5 Å². The van der Waals surface area contributed by atoms with Crippen LogP contribution in [-0.2, 0) is 25.9 Å². The topological polar surface area (TPSA) is 94.5 Å². The molecule has 0 radical (unpaired) electrons. The molecule has 24 heavy (non-hydrogen) atoms. The van der Waals surface area contributed by atoms with E-state index in [1.165, 1.54) is 7.11 Å². The number of fused-ring (bicyclic) bond motifs is 1. The van der Waals surface area contributed by atoms with E-state index in [0.717, 1.165) is 5.52 Å². The summed E-state index contributed by atoms with van der Waals surface area (Å²) in [6.45, 7) is 0.00799. The van der Waals surface area contributed by atoms with Crippen molar-refractivity contribution in [3.05, 3.63) is 36.0 Å². The van der Waals surface area contributed by atoms with Gasteiger partial charge in [-0.25, -0.2) is 13.2 Å². The number of nitrogens with one attached hydrogen (secondary N) is 1. The average Bonchev–Trinajstić information content (AvgIpc) is 3.07. The lowest BCUT2D eigenvalue weighted by atomic mass is 10.2. The van der Waals surface area contributed by atoms with Crippen molar-refractivity contribution in [1.82, 2.24) is 9.88 Å². The lowest BCUT2D eigenvalue weighted by Gasteiger charge is -2.11. The third kappa shape index (κ3) is 3.28. The van der Waals surface area contributed by atoms with Crippen molar-refractivity contribution in [2.45, 2.75) is 19.0 Å². The lowest BCUT2D eigenvalue weighted by Crippen LogP contribution is -2.37. The predicted molar refractivity (Wildman–Crippen MR) is 88.5 cm³/mol. The van der Waals surface area contributed by atoms with Gasteiger partial charge in [0.05, 0.1) is 24.2 Å². The highest BCUT2D eigenvalue weighted by Gasteiger charge is 2.29. The molecule has 1 aromatic heterocycles. The zero-order chi connectivity index (χ0) is 17.3. The molecule has 1 aromatic carbocycles. The molecular weight excluding hydrogens is 332 g/mol. The Balaban J connectivity index is 1.80. The van der Waals surface area contributed by atoms with Crippen molar-refractivity contribution in [1.29, 1.82) is 0 Å². The number of carbonyl (C=O) groups is 2. The van der Waals surface area contributed by atoms with E-state index in [4.69, 9.17) is 4.74 Å². The van der Waals surface area contributed by atoms with Crippen LogP contribution in [0.2, 0.25) is 0 Å². The lowest BCUT2D eigenvalue weighted by molar-refractivity contribution is -0.122. The summed E-state index contributed by atoms with van der Waals surface area (Å²) in [5.74, 6) is -0.656. The summed E-state index contributed by atoms with van der Waals surface area (Å²) < 4.78 is 29.4. The minimum atomic E-state index is -3.04. The van der Waals surface area contributed by atoms with Crippen LogP contribution in [0.5, 0.6) is 0 Å². The SMILES string of the molecule is COC(=O)c1cn(CC(=O)NC2CCS(=O)(=O)C2)c2ccccc12. The van der Waals surface area contributed by atoms with Gasteiger partial charge in [0.2, 0.25) is 5.91 Å². The Bertz CT molecular complexity index is 900. The first-order valence-electron chi connectivity index (χ1n) is 7.55. The second-order valence-corrected chi connectivity index (χ2v) is 8.08. The van der Waals surface area contributed by atoms with Gasteiger partial charge in [-0.05, 0) is 12.5 Å². The molecule has 1 N–H and O–H groups in total. The molecular formula is C16H18N2O5S. The van der Waals surface area contributed by atoms with Gasteiger partial charge >= 0.3 is 5.97 Å². The molecule has 128 valence electrons. The van der Waals surface area contributed by atoms with E-state index in [2.05, 4.69) is 5.32 Å². The van der Waals surface area contributed by atoms with Crippen molar-refractivity contribution in [3.63, 3.8) is 0 Å². The Kier molecular flexibility index (Phi) is 4.31. The van der Waals surface area contributed by atoms with E-state index in [-0.39, 0.29) is 30.0 Å². The molecule has 2 heterocycles. The first-order chi connectivity index (χ1) is 11.4. The first kappa shape index (κ1) is 16.5. The number of para-hydroxylation sites is 1. The number of rotatable bonds is 4. The number of carbonyl (C=O) groups excluding carboxylic acids is 2. The quantitative estimate of drug-likeness (QED) is 0.821. The van der Waals surface area contributed by atoms with Gasteiger partial charge in [0.1, 0.15) is 6.54 Å². The van der Waals surface area contributed by atoms with Gasteiger partial charge in [0.25, 0.3) is 0 Å². The molecule has 1 unspecified atom stereocenters. The van der Waals surface area contributed by atoms with E-state index >= 15 is 0 Å². The van der Waals surface area contributed by atoms with Crippen LogP contribution >= 0.6 is 0 Å². The third-order valence-electron chi connectivity index (χ3n) is 4.11. The number of aromatic nitrogens is 1. The summed E-state index contributed by atoms with van der Waals surface area (Å²) in [7, 11) is -1.73. The summed E-state index contributed by atoms with van der Waals surface area (Å²) in [5, 5.41) is 3.45. The first-order valence-corrected chi connectivity index (χ1v) is 9.38. The van der Waals surface area contributed by atoms with Gasteiger partial charge in [-0.2, -0.15) is 0 Å². The summed E-state index contributed by atoms with van der Waals surface area (Å²) in [5.41, 5.74) is 1.14. The maximum absolute atomic E-state index is 12.2. The Morgan fingerprint density at radius 3 is 2.75 bits per heavy atom. The molecule has 8 heteroatoms. The van der Waals surface area contributed by atoms with Crippen LogP contribution in [0.1, 0.15) is 16.8 Å². The van der Waals surface area contributed by atoms with Crippen LogP contribution in [0.3, 0.4) is 0 Å². The number of esters is 1. The highest BCUT2D eigenvalue weighted by atomic mass is 32.2. The van der Waals surface area contributed by atoms with E-state index < -0.39 is 15.8 Å².